The molecule has 1 atom stereocenters. The van der Waals surface area contributed by atoms with E-state index < -0.39 is 22.0 Å². The molecule has 9 nitrogen and oxygen atoms in total. The second-order valence-electron chi connectivity index (χ2n) is 9.53. The highest BCUT2D eigenvalue weighted by molar-refractivity contribution is 8.00. The Hall–Kier alpha value is -4.64. The van der Waals surface area contributed by atoms with E-state index in [9.17, 15) is 24.5 Å². The molecule has 12 heteroatoms. The van der Waals surface area contributed by atoms with Gasteiger partial charge >= 0.3 is 0 Å². The summed E-state index contributed by atoms with van der Waals surface area (Å²) in [6, 6.07) is 24.4. The SMILES string of the molecule is Cc1cc([N+](=O)[O-])ccc1NC(=O)C(C)Sc1ccc(NC(=O)/C(=C/c2ccc(Cl)cc2Cl)NC(=O)c2ccccc2)cc1. The van der Waals surface area contributed by atoms with Gasteiger partial charge in [0.15, 0.2) is 0 Å². The highest BCUT2D eigenvalue weighted by Crippen LogP contribution is 2.28. The van der Waals surface area contributed by atoms with Gasteiger partial charge in [0.25, 0.3) is 17.5 Å². The number of nitro groups is 1. The van der Waals surface area contributed by atoms with Crippen molar-refractivity contribution >= 4 is 75.8 Å². The van der Waals surface area contributed by atoms with Crippen molar-refractivity contribution in [1.29, 1.82) is 0 Å². The third kappa shape index (κ3) is 8.70. The van der Waals surface area contributed by atoms with E-state index in [-0.39, 0.29) is 17.3 Å². The fraction of sp³-hybridized carbons (Fsp3) is 0.0938. The van der Waals surface area contributed by atoms with Gasteiger partial charge in [0, 0.05) is 44.0 Å². The summed E-state index contributed by atoms with van der Waals surface area (Å²) in [4.78, 5) is 50.2. The maximum absolute atomic E-state index is 13.3. The highest BCUT2D eigenvalue weighted by Gasteiger charge is 2.18. The molecular weight excluding hydrogens is 623 g/mol. The molecule has 0 saturated heterocycles. The zero-order valence-corrected chi connectivity index (χ0v) is 25.8. The lowest BCUT2D eigenvalue weighted by Gasteiger charge is -2.14. The summed E-state index contributed by atoms with van der Waals surface area (Å²) in [5, 5.41) is 19.5. The molecule has 0 aliphatic rings. The number of rotatable bonds is 10. The van der Waals surface area contributed by atoms with Crippen LogP contribution < -0.4 is 16.0 Å². The molecule has 0 aromatic heterocycles. The van der Waals surface area contributed by atoms with Crippen LogP contribution in [0.15, 0.2) is 102 Å². The summed E-state index contributed by atoms with van der Waals surface area (Å²) in [6.07, 6.45) is 1.46. The Morgan fingerprint density at radius 3 is 2.25 bits per heavy atom. The summed E-state index contributed by atoms with van der Waals surface area (Å²) in [6.45, 7) is 3.43. The van der Waals surface area contributed by atoms with Crippen LogP contribution in [0.1, 0.15) is 28.4 Å². The molecular formula is C32H26Cl2N4O5S. The van der Waals surface area contributed by atoms with Crippen LogP contribution in [0.2, 0.25) is 10.0 Å². The third-order valence-electron chi connectivity index (χ3n) is 6.26. The molecule has 3 amide bonds. The normalized spacial score (nSPS) is 11.8. The van der Waals surface area contributed by atoms with E-state index >= 15 is 0 Å². The molecule has 0 bridgehead atoms. The van der Waals surface area contributed by atoms with Crippen LogP contribution in [0.25, 0.3) is 6.08 Å². The minimum atomic E-state index is -0.577. The van der Waals surface area contributed by atoms with E-state index in [1.54, 1.807) is 80.6 Å². The van der Waals surface area contributed by atoms with Crippen molar-refractivity contribution in [2.75, 3.05) is 10.6 Å². The number of nitrogens with one attached hydrogen (secondary N) is 3. The number of carbonyl (C=O) groups excluding carboxylic acids is 3. The van der Waals surface area contributed by atoms with E-state index in [2.05, 4.69) is 16.0 Å². The number of thioether (sulfide) groups is 1. The Bertz CT molecular complexity index is 1750. The number of carbonyl (C=O) groups is 3. The zero-order valence-electron chi connectivity index (χ0n) is 23.5. The largest absolute Gasteiger partial charge is 0.325 e. The first-order valence-electron chi connectivity index (χ1n) is 13.2. The second kappa shape index (κ2) is 14.7. The van der Waals surface area contributed by atoms with Gasteiger partial charge in [0.2, 0.25) is 5.91 Å². The lowest BCUT2D eigenvalue weighted by molar-refractivity contribution is -0.384. The van der Waals surface area contributed by atoms with Crippen LogP contribution in [0.5, 0.6) is 0 Å². The maximum Gasteiger partial charge on any atom is 0.272 e. The van der Waals surface area contributed by atoms with Crippen LogP contribution >= 0.6 is 35.0 Å². The predicted octanol–water partition coefficient (Wildman–Crippen LogP) is 7.74. The molecule has 4 rings (SSSR count). The van der Waals surface area contributed by atoms with Crippen molar-refractivity contribution in [3.63, 3.8) is 0 Å². The van der Waals surface area contributed by atoms with Crippen molar-refractivity contribution < 1.29 is 19.3 Å². The van der Waals surface area contributed by atoms with E-state index in [1.165, 1.54) is 42.1 Å². The van der Waals surface area contributed by atoms with Gasteiger partial charge in [-0.15, -0.1) is 11.8 Å². The Morgan fingerprint density at radius 2 is 1.61 bits per heavy atom. The van der Waals surface area contributed by atoms with E-state index in [0.29, 0.717) is 38.1 Å². The number of anilines is 2. The van der Waals surface area contributed by atoms with Gasteiger partial charge in [-0.05, 0) is 85.6 Å². The van der Waals surface area contributed by atoms with Gasteiger partial charge < -0.3 is 16.0 Å². The van der Waals surface area contributed by atoms with E-state index in [0.717, 1.165) is 4.90 Å². The lowest BCUT2D eigenvalue weighted by Crippen LogP contribution is -2.30. The average Bonchev–Trinajstić information content (AvgIpc) is 3.00. The van der Waals surface area contributed by atoms with Gasteiger partial charge in [-0.25, -0.2) is 0 Å². The first kappa shape index (κ1) is 32.3. The first-order valence-corrected chi connectivity index (χ1v) is 14.8. The molecule has 44 heavy (non-hydrogen) atoms. The van der Waals surface area contributed by atoms with Gasteiger partial charge in [-0.2, -0.15) is 0 Å². The fourth-order valence-electron chi connectivity index (χ4n) is 3.93. The monoisotopic (exact) mass is 648 g/mol. The number of hydrogen-bond acceptors (Lipinski definition) is 6. The Labute approximate surface area is 267 Å². The molecule has 1 unspecified atom stereocenters. The van der Waals surface area contributed by atoms with Crippen LogP contribution in [-0.4, -0.2) is 27.9 Å². The molecule has 0 aliphatic carbocycles. The highest BCUT2D eigenvalue weighted by atomic mass is 35.5. The quantitative estimate of drug-likeness (QED) is 0.0698. The van der Waals surface area contributed by atoms with Gasteiger partial charge in [-0.1, -0.05) is 47.5 Å². The smallest absolute Gasteiger partial charge is 0.272 e. The van der Waals surface area contributed by atoms with Crippen molar-refractivity contribution in [3.05, 3.63) is 134 Å². The first-order chi connectivity index (χ1) is 21.0. The van der Waals surface area contributed by atoms with Crippen molar-refractivity contribution in [3.8, 4) is 0 Å². The zero-order chi connectivity index (χ0) is 31.8. The van der Waals surface area contributed by atoms with Crippen LogP contribution in [0, 0.1) is 17.0 Å². The molecule has 0 radical (unpaired) electrons. The molecule has 0 aliphatic heterocycles. The Kier molecular flexibility index (Phi) is 10.8. The number of hydrogen-bond donors (Lipinski definition) is 3. The average molecular weight is 650 g/mol. The van der Waals surface area contributed by atoms with Crippen LogP contribution in [0.3, 0.4) is 0 Å². The van der Waals surface area contributed by atoms with E-state index in [4.69, 9.17) is 23.2 Å². The van der Waals surface area contributed by atoms with Gasteiger partial charge in [0.05, 0.1) is 10.2 Å². The topological polar surface area (TPSA) is 130 Å². The molecule has 224 valence electrons. The molecule has 0 saturated carbocycles. The van der Waals surface area contributed by atoms with Gasteiger partial charge in [0.1, 0.15) is 5.70 Å². The molecule has 4 aromatic carbocycles. The van der Waals surface area contributed by atoms with Crippen molar-refractivity contribution in [1.82, 2.24) is 5.32 Å². The Morgan fingerprint density at radius 1 is 0.909 bits per heavy atom. The number of halogens is 2. The van der Waals surface area contributed by atoms with Crippen LogP contribution in [0.4, 0.5) is 17.1 Å². The third-order valence-corrected chi connectivity index (χ3v) is 7.94. The minimum absolute atomic E-state index is 0.0339. The van der Waals surface area contributed by atoms with Crippen molar-refractivity contribution in [2.45, 2.75) is 24.0 Å². The predicted molar refractivity (Wildman–Crippen MR) is 175 cm³/mol. The lowest BCUT2D eigenvalue weighted by atomic mass is 10.1. The van der Waals surface area contributed by atoms with Crippen molar-refractivity contribution in [2.24, 2.45) is 0 Å². The summed E-state index contributed by atoms with van der Waals surface area (Å²) >= 11 is 13.6. The summed E-state index contributed by atoms with van der Waals surface area (Å²) < 4.78 is 0. The number of benzene rings is 4. The molecule has 0 heterocycles. The summed E-state index contributed by atoms with van der Waals surface area (Å²) in [7, 11) is 0. The molecule has 4 aromatic rings. The Balaban J connectivity index is 1.44. The second-order valence-corrected chi connectivity index (χ2v) is 11.8. The molecule has 0 spiro atoms. The molecule has 3 N–H and O–H groups in total. The van der Waals surface area contributed by atoms with E-state index in [1.807, 2.05) is 0 Å². The van der Waals surface area contributed by atoms with Crippen LogP contribution in [-0.2, 0) is 9.59 Å². The minimum Gasteiger partial charge on any atom is -0.325 e. The fourth-order valence-corrected chi connectivity index (χ4v) is 5.26. The number of nitro benzene ring substituents is 1. The van der Waals surface area contributed by atoms with Gasteiger partial charge in [-0.3, -0.25) is 24.5 Å². The number of amides is 3. The summed E-state index contributed by atoms with van der Waals surface area (Å²) in [5.74, 6) is -1.32. The number of nitrogens with zero attached hydrogens (tertiary/aromatic N) is 1. The maximum atomic E-state index is 13.3. The summed E-state index contributed by atoms with van der Waals surface area (Å²) in [5.41, 5.74) is 2.30. The number of aryl methyl sites for hydroxylation is 1. The number of non-ortho nitro benzene ring substituents is 1. The molecule has 0 fully saturated rings. The standard InChI is InChI=1S/C32H26Cl2N4O5S/c1-19-16-25(38(42)43)12-15-28(19)36-30(39)20(2)44-26-13-10-24(11-14-26)35-32(41)29(17-22-8-9-23(33)18-27(22)34)37-31(40)21-6-4-3-5-7-21/h3-18,20H,1-2H3,(H,35,41)(H,36,39)(H,37,40)/b29-17-.